The number of carbonyl (C=O) groups excluding carboxylic acids is 1. The predicted molar refractivity (Wildman–Crippen MR) is 89.3 cm³/mol. The van der Waals surface area contributed by atoms with E-state index >= 15 is 0 Å². The average molecular weight is 325 g/mol. The standard InChI is InChI=1S/C17H31N3O3/c1-3-15(17(22)23)19-7-5-14(6-8-19)13-16(21)20-11-9-18(4-2)10-12-20/h14-15H,3-13H2,1-2H3,(H,22,23). The van der Waals surface area contributed by atoms with Crippen LogP contribution in [0.15, 0.2) is 0 Å². The lowest BCUT2D eigenvalue weighted by Crippen LogP contribution is -2.49. The lowest BCUT2D eigenvalue weighted by molar-refractivity contribution is -0.144. The van der Waals surface area contributed by atoms with Crippen molar-refractivity contribution in [2.75, 3.05) is 45.8 Å². The van der Waals surface area contributed by atoms with Crippen LogP contribution in [0, 0.1) is 5.92 Å². The normalized spacial score (nSPS) is 23.0. The summed E-state index contributed by atoms with van der Waals surface area (Å²) in [6.45, 7) is 10.4. The van der Waals surface area contributed by atoms with E-state index in [9.17, 15) is 14.7 Å². The molecule has 1 N–H and O–H groups in total. The Morgan fingerprint density at radius 3 is 2.13 bits per heavy atom. The van der Waals surface area contributed by atoms with Crippen molar-refractivity contribution in [2.24, 2.45) is 5.92 Å². The number of aliphatic carboxylic acids is 1. The second kappa shape index (κ2) is 8.64. The largest absolute Gasteiger partial charge is 0.480 e. The summed E-state index contributed by atoms with van der Waals surface area (Å²) < 4.78 is 0. The molecule has 2 saturated heterocycles. The summed E-state index contributed by atoms with van der Waals surface area (Å²) in [7, 11) is 0. The van der Waals surface area contributed by atoms with Crippen molar-refractivity contribution in [3.63, 3.8) is 0 Å². The number of likely N-dealkylation sites (N-methyl/N-ethyl adjacent to an activating group) is 1. The van der Waals surface area contributed by atoms with Gasteiger partial charge in [0.05, 0.1) is 0 Å². The monoisotopic (exact) mass is 325 g/mol. The van der Waals surface area contributed by atoms with E-state index in [1.54, 1.807) is 0 Å². The maximum Gasteiger partial charge on any atom is 0.320 e. The van der Waals surface area contributed by atoms with Gasteiger partial charge < -0.3 is 14.9 Å². The van der Waals surface area contributed by atoms with Crippen molar-refractivity contribution in [3.05, 3.63) is 0 Å². The lowest BCUT2D eigenvalue weighted by Gasteiger charge is -2.37. The molecule has 1 atom stereocenters. The molecular formula is C17H31N3O3. The molecule has 2 fully saturated rings. The van der Waals surface area contributed by atoms with Crippen LogP contribution in [-0.4, -0.2) is 83.5 Å². The van der Waals surface area contributed by atoms with E-state index in [4.69, 9.17) is 0 Å². The predicted octanol–water partition coefficient (Wildman–Crippen LogP) is 1.12. The lowest BCUT2D eigenvalue weighted by atomic mass is 9.91. The molecule has 2 rings (SSSR count). The summed E-state index contributed by atoms with van der Waals surface area (Å²) in [4.78, 5) is 30.1. The van der Waals surface area contributed by atoms with Crippen LogP contribution in [0.1, 0.15) is 39.5 Å². The first-order valence-corrected chi connectivity index (χ1v) is 9.02. The van der Waals surface area contributed by atoms with Crippen molar-refractivity contribution in [3.8, 4) is 0 Å². The third-order valence-corrected chi connectivity index (χ3v) is 5.40. The molecule has 1 amide bonds. The van der Waals surface area contributed by atoms with Gasteiger partial charge in [-0.15, -0.1) is 0 Å². The number of likely N-dealkylation sites (tertiary alicyclic amines) is 1. The summed E-state index contributed by atoms with van der Waals surface area (Å²) in [5, 5.41) is 9.24. The molecule has 6 heteroatoms. The highest BCUT2D eigenvalue weighted by Crippen LogP contribution is 2.24. The molecule has 0 spiro atoms. The van der Waals surface area contributed by atoms with Crippen LogP contribution in [0.3, 0.4) is 0 Å². The van der Waals surface area contributed by atoms with Gasteiger partial charge in [-0.1, -0.05) is 13.8 Å². The Morgan fingerprint density at radius 2 is 1.65 bits per heavy atom. The maximum absolute atomic E-state index is 12.4. The van der Waals surface area contributed by atoms with E-state index in [0.29, 0.717) is 18.8 Å². The highest BCUT2D eigenvalue weighted by atomic mass is 16.4. The molecule has 2 aliphatic heterocycles. The number of hydrogen-bond donors (Lipinski definition) is 1. The maximum atomic E-state index is 12.4. The van der Waals surface area contributed by atoms with Crippen LogP contribution < -0.4 is 0 Å². The summed E-state index contributed by atoms with van der Waals surface area (Å²) in [6.07, 6.45) is 3.14. The zero-order valence-electron chi connectivity index (χ0n) is 14.5. The summed E-state index contributed by atoms with van der Waals surface area (Å²) in [5.41, 5.74) is 0. The number of amides is 1. The van der Waals surface area contributed by atoms with Gasteiger partial charge in [-0.05, 0) is 44.8 Å². The third kappa shape index (κ3) is 4.91. The summed E-state index contributed by atoms with van der Waals surface area (Å²) in [5.74, 6) is -0.0328. The molecule has 0 aromatic heterocycles. The molecule has 0 aromatic carbocycles. The Morgan fingerprint density at radius 1 is 1.04 bits per heavy atom. The fourth-order valence-corrected chi connectivity index (χ4v) is 3.75. The molecule has 0 radical (unpaired) electrons. The first-order chi connectivity index (χ1) is 11.0. The summed E-state index contributed by atoms with van der Waals surface area (Å²) in [6, 6.07) is -0.367. The number of carboxylic acid groups (broad SMARTS) is 1. The van der Waals surface area contributed by atoms with Crippen LogP contribution >= 0.6 is 0 Å². The van der Waals surface area contributed by atoms with Gasteiger partial charge in [-0.2, -0.15) is 0 Å². The van der Waals surface area contributed by atoms with Gasteiger partial charge in [0.15, 0.2) is 0 Å². The molecule has 0 aromatic rings. The van der Waals surface area contributed by atoms with Crippen LogP contribution in [-0.2, 0) is 9.59 Å². The quantitative estimate of drug-likeness (QED) is 0.793. The first-order valence-electron chi connectivity index (χ1n) is 9.02. The van der Waals surface area contributed by atoms with Crippen molar-refractivity contribution in [2.45, 2.75) is 45.6 Å². The number of hydrogen-bond acceptors (Lipinski definition) is 4. The Bertz CT molecular complexity index is 400. The topological polar surface area (TPSA) is 64.1 Å². The van der Waals surface area contributed by atoms with Gasteiger partial charge in [-0.25, -0.2) is 0 Å². The van der Waals surface area contributed by atoms with E-state index in [1.807, 2.05) is 11.8 Å². The van der Waals surface area contributed by atoms with E-state index in [0.717, 1.165) is 58.7 Å². The fourth-order valence-electron chi connectivity index (χ4n) is 3.75. The molecular weight excluding hydrogens is 294 g/mol. The molecule has 132 valence electrons. The number of carbonyl (C=O) groups is 2. The highest BCUT2D eigenvalue weighted by molar-refractivity contribution is 5.76. The highest BCUT2D eigenvalue weighted by Gasteiger charge is 2.30. The van der Waals surface area contributed by atoms with Gasteiger partial charge in [-0.3, -0.25) is 14.5 Å². The Balaban J connectivity index is 1.74. The minimum absolute atomic E-state index is 0.282. The zero-order valence-corrected chi connectivity index (χ0v) is 14.5. The van der Waals surface area contributed by atoms with Gasteiger partial charge >= 0.3 is 5.97 Å². The molecule has 23 heavy (non-hydrogen) atoms. The van der Waals surface area contributed by atoms with Gasteiger partial charge in [0, 0.05) is 32.6 Å². The van der Waals surface area contributed by atoms with Crippen LogP contribution in [0.2, 0.25) is 0 Å². The molecule has 2 heterocycles. The molecule has 0 saturated carbocycles. The van der Waals surface area contributed by atoms with Gasteiger partial charge in [0.25, 0.3) is 0 Å². The number of piperidine rings is 1. The first kappa shape index (κ1) is 18.2. The molecule has 0 bridgehead atoms. The van der Waals surface area contributed by atoms with Crippen LogP contribution in [0.25, 0.3) is 0 Å². The second-order valence-corrected chi connectivity index (χ2v) is 6.76. The SMILES string of the molecule is CCC(C(=O)O)N1CCC(CC(=O)N2CCN(CC)CC2)CC1. The van der Waals surface area contributed by atoms with E-state index in [-0.39, 0.29) is 11.9 Å². The summed E-state index contributed by atoms with van der Waals surface area (Å²) >= 11 is 0. The smallest absolute Gasteiger partial charge is 0.320 e. The van der Waals surface area contributed by atoms with Crippen molar-refractivity contribution in [1.82, 2.24) is 14.7 Å². The number of rotatable bonds is 6. The molecule has 0 aliphatic carbocycles. The van der Waals surface area contributed by atoms with E-state index < -0.39 is 5.97 Å². The van der Waals surface area contributed by atoms with Gasteiger partial charge in [0.1, 0.15) is 6.04 Å². The molecule has 2 aliphatic rings. The van der Waals surface area contributed by atoms with E-state index in [1.165, 1.54) is 0 Å². The van der Waals surface area contributed by atoms with Crippen molar-refractivity contribution in [1.29, 1.82) is 0 Å². The molecule has 1 unspecified atom stereocenters. The third-order valence-electron chi connectivity index (χ3n) is 5.40. The van der Waals surface area contributed by atoms with E-state index in [2.05, 4.69) is 16.7 Å². The molecule has 6 nitrogen and oxygen atoms in total. The Hall–Kier alpha value is -1.14. The number of piperazine rings is 1. The minimum atomic E-state index is -0.726. The van der Waals surface area contributed by atoms with Crippen LogP contribution in [0.5, 0.6) is 0 Å². The minimum Gasteiger partial charge on any atom is -0.480 e. The second-order valence-electron chi connectivity index (χ2n) is 6.76. The zero-order chi connectivity index (χ0) is 16.8. The average Bonchev–Trinajstić information content (AvgIpc) is 2.56. The van der Waals surface area contributed by atoms with Crippen molar-refractivity contribution < 1.29 is 14.7 Å². The fraction of sp³-hybridized carbons (Fsp3) is 0.882. The van der Waals surface area contributed by atoms with Gasteiger partial charge in [0.2, 0.25) is 5.91 Å². The number of carboxylic acids is 1. The van der Waals surface area contributed by atoms with Crippen molar-refractivity contribution >= 4 is 11.9 Å². The van der Waals surface area contributed by atoms with Crippen LogP contribution in [0.4, 0.5) is 0 Å². The number of nitrogens with zero attached hydrogens (tertiary/aromatic N) is 3. The Labute approximate surface area is 139 Å². The Kier molecular flexibility index (Phi) is 6.84.